The molecule has 0 amide bonds. The summed E-state index contributed by atoms with van der Waals surface area (Å²) in [7, 11) is 0. The molecule has 0 unspecified atom stereocenters. The maximum Gasteiger partial charge on any atom is 0.0732 e. The van der Waals surface area contributed by atoms with Gasteiger partial charge in [0.25, 0.3) is 0 Å². The van der Waals surface area contributed by atoms with Crippen LogP contribution >= 0.6 is 11.3 Å². The van der Waals surface area contributed by atoms with Gasteiger partial charge in [-0.25, -0.2) is 0 Å². The fourth-order valence-electron chi connectivity index (χ4n) is 1.83. The van der Waals surface area contributed by atoms with Crippen LogP contribution in [0.5, 0.6) is 0 Å². The van der Waals surface area contributed by atoms with E-state index in [4.69, 9.17) is 4.74 Å². The topological polar surface area (TPSA) is 9.23 Å². The first-order chi connectivity index (χ1) is 8.27. The van der Waals surface area contributed by atoms with E-state index in [2.05, 4.69) is 37.4 Å². The predicted molar refractivity (Wildman–Crippen MR) is 73.3 cm³/mol. The normalized spacial score (nSPS) is 11.0. The summed E-state index contributed by atoms with van der Waals surface area (Å²) in [6, 6.07) is 12.5. The van der Waals surface area contributed by atoms with E-state index in [9.17, 15) is 0 Å². The third kappa shape index (κ3) is 3.42. The highest BCUT2D eigenvalue weighted by molar-refractivity contribution is 7.10. The summed E-state index contributed by atoms with van der Waals surface area (Å²) in [5.74, 6) is 0.588. The quantitative estimate of drug-likeness (QED) is 0.750. The van der Waals surface area contributed by atoms with Crippen molar-refractivity contribution in [2.24, 2.45) is 0 Å². The first-order valence-electron chi connectivity index (χ1n) is 5.95. The Hall–Kier alpha value is -1.12. The molecule has 0 aliphatic carbocycles. The molecular weight excluding hydrogens is 228 g/mol. The smallest absolute Gasteiger partial charge is 0.0732 e. The van der Waals surface area contributed by atoms with Crippen molar-refractivity contribution in [1.82, 2.24) is 0 Å². The average Bonchev–Trinajstić information content (AvgIpc) is 2.79. The summed E-state index contributed by atoms with van der Waals surface area (Å²) in [4.78, 5) is 1.44. The van der Waals surface area contributed by atoms with Crippen LogP contribution in [-0.2, 0) is 18.0 Å². The molecule has 0 bridgehead atoms. The molecule has 0 atom stereocenters. The summed E-state index contributed by atoms with van der Waals surface area (Å²) in [5.41, 5.74) is 2.56. The van der Waals surface area contributed by atoms with E-state index >= 15 is 0 Å². The van der Waals surface area contributed by atoms with Gasteiger partial charge < -0.3 is 4.74 Å². The Kier molecular flexibility index (Phi) is 4.35. The maximum atomic E-state index is 5.76. The van der Waals surface area contributed by atoms with Gasteiger partial charge in [0.05, 0.1) is 13.2 Å². The average molecular weight is 246 g/mol. The van der Waals surface area contributed by atoms with Gasteiger partial charge in [0.2, 0.25) is 0 Å². The van der Waals surface area contributed by atoms with Crippen molar-refractivity contribution in [2.45, 2.75) is 33.0 Å². The Morgan fingerprint density at radius 3 is 2.53 bits per heavy atom. The van der Waals surface area contributed by atoms with Crippen LogP contribution < -0.4 is 0 Å². The van der Waals surface area contributed by atoms with Crippen LogP contribution in [0, 0.1) is 0 Å². The van der Waals surface area contributed by atoms with Crippen molar-refractivity contribution in [3.05, 3.63) is 57.8 Å². The van der Waals surface area contributed by atoms with Crippen molar-refractivity contribution < 1.29 is 4.74 Å². The molecule has 1 aromatic carbocycles. The molecule has 1 heterocycles. The summed E-state index contributed by atoms with van der Waals surface area (Å²) >= 11 is 1.82. The van der Waals surface area contributed by atoms with Crippen molar-refractivity contribution >= 4 is 11.3 Å². The molecule has 1 nitrogen and oxygen atoms in total. The van der Waals surface area contributed by atoms with Crippen LogP contribution in [0.25, 0.3) is 0 Å². The van der Waals surface area contributed by atoms with Crippen LogP contribution in [0.1, 0.15) is 35.8 Å². The lowest BCUT2D eigenvalue weighted by Crippen LogP contribution is -1.96. The predicted octanol–water partition coefficient (Wildman–Crippen LogP) is 4.59. The zero-order valence-electron chi connectivity index (χ0n) is 10.3. The molecule has 0 saturated carbocycles. The monoisotopic (exact) mass is 246 g/mol. The molecule has 0 aliphatic heterocycles. The first-order valence-corrected chi connectivity index (χ1v) is 6.83. The number of benzene rings is 1. The van der Waals surface area contributed by atoms with Crippen LogP contribution in [0.3, 0.4) is 0 Å². The van der Waals surface area contributed by atoms with Gasteiger partial charge in [-0.2, -0.15) is 0 Å². The largest absolute Gasteiger partial charge is 0.372 e. The van der Waals surface area contributed by atoms with Gasteiger partial charge in [-0.1, -0.05) is 44.2 Å². The second-order valence-electron chi connectivity index (χ2n) is 4.44. The van der Waals surface area contributed by atoms with E-state index in [0.29, 0.717) is 19.1 Å². The lowest BCUT2D eigenvalue weighted by molar-refractivity contribution is 0.107. The van der Waals surface area contributed by atoms with E-state index in [1.165, 1.54) is 16.0 Å². The second kappa shape index (κ2) is 5.99. The number of hydrogen-bond acceptors (Lipinski definition) is 2. The number of thiophene rings is 1. The van der Waals surface area contributed by atoms with Gasteiger partial charge in [-0.05, 0) is 28.5 Å². The minimum absolute atomic E-state index is 0.588. The van der Waals surface area contributed by atoms with Gasteiger partial charge in [0.1, 0.15) is 0 Å². The zero-order chi connectivity index (χ0) is 12.1. The maximum absolute atomic E-state index is 5.76. The third-order valence-electron chi connectivity index (χ3n) is 2.67. The highest BCUT2D eigenvalue weighted by atomic mass is 32.1. The zero-order valence-corrected chi connectivity index (χ0v) is 11.2. The van der Waals surface area contributed by atoms with Gasteiger partial charge >= 0.3 is 0 Å². The summed E-state index contributed by atoms with van der Waals surface area (Å²) < 4.78 is 5.76. The molecule has 17 heavy (non-hydrogen) atoms. The molecule has 2 rings (SSSR count). The van der Waals surface area contributed by atoms with Crippen molar-refractivity contribution in [1.29, 1.82) is 0 Å². The van der Waals surface area contributed by atoms with Crippen LogP contribution in [0.4, 0.5) is 0 Å². The van der Waals surface area contributed by atoms with Gasteiger partial charge in [-0.3, -0.25) is 0 Å². The fourth-order valence-corrected chi connectivity index (χ4v) is 2.76. The molecule has 2 aromatic rings. The highest BCUT2D eigenvalue weighted by Gasteiger charge is 2.07. The Bertz CT molecular complexity index is 445. The van der Waals surface area contributed by atoms with Crippen LogP contribution in [0.15, 0.2) is 41.8 Å². The Balaban J connectivity index is 1.88. The standard InChI is InChI=1S/C15H18OS/c1-12(2)15-14(8-9-17-15)11-16-10-13-6-4-3-5-7-13/h3-9,12H,10-11H2,1-2H3. The van der Waals surface area contributed by atoms with Crippen molar-refractivity contribution in [3.63, 3.8) is 0 Å². The summed E-state index contributed by atoms with van der Waals surface area (Å²) in [5, 5.41) is 2.15. The molecule has 0 radical (unpaired) electrons. The lowest BCUT2D eigenvalue weighted by Gasteiger charge is -2.08. The molecule has 90 valence electrons. The van der Waals surface area contributed by atoms with Crippen molar-refractivity contribution in [2.75, 3.05) is 0 Å². The SMILES string of the molecule is CC(C)c1sccc1COCc1ccccc1. The van der Waals surface area contributed by atoms with E-state index in [0.717, 1.165) is 0 Å². The minimum atomic E-state index is 0.588. The van der Waals surface area contributed by atoms with E-state index in [1.807, 2.05) is 29.5 Å². The molecule has 0 saturated heterocycles. The summed E-state index contributed by atoms with van der Waals surface area (Å²) in [6.45, 7) is 5.86. The minimum Gasteiger partial charge on any atom is -0.372 e. The molecule has 0 fully saturated rings. The van der Waals surface area contributed by atoms with E-state index < -0.39 is 0 Å². The molecule has 0 aliphatic rings. The highest BCUT2D eigenvalue weighted by Crippen LogP contribution is 2.26. The van der Waals surface area contributed by atoms with Gasteiger partial charge in [0.15, 0.2) is 0 Å². The summed E-state index contributed by atoms with van der Waals surface area (Å²) in [6.07, 6.45) is 0. The van der Waals surface area contributed by atoms with Crippen LogP contribution in [-0.4, -0.2) is 0 Å². The fraction of sp³-hybridized carbons (Fsp3) is 0.333. The van der Waals surface area contributed by atoms with E-state index in [-0.39, 0.29) is 0 Å². The molecule has 0 spiro atoms. The van der Waals surface area contributed by atoms with Crippen LogP contribution in [0.2, 0.25) is 0 Å². The number of hydrogen-bond donors (Lipinski definition) is 0. The Morgan fingerprint density at radius 2 is 1.82 bits per heavy atom. The first kappa shape index (κ1) is 12.3. The lowest BCUT2D eigenvalue weighted by atomic mass is 10.1. The molecule has 2 heteroatoms. The van der Waals surface area contributed by atoms with Gasteiger partial charge in [-0.15, -0.1) is 11.3 Å². The van der Waals surface area contributed by atoms with Gasteiger partial charge in [0, 0.05) is 4.88 Å². The van der Waals surface area contributed by atoms with E-state index in [1.54, 1.807) is 0 Å². The third-order valence-corrected chi connectivity index (χ3v) is 3.93. The second-order valence-corrected chi connectivity index (χ2v) is 5.39. The number of rotatable bonds is 5. The molecule has 0 N–H and O–H groups in total. The number of ether oxygens (including phenoxy) is 1. The Morgan fingerprint density at radius 1 is 1.06 bits per heavy atom. The molecule has 1 aromatic heterocycles. The Labute approximate surface area is 107 Å². The molecular formula is C15H18OS. The van der Waals surface area contributed by atoms with Crippen molar-refractivity contribution in [3.8, 4) is 0 Å².